The summed E-state index contributed by atoms with van der Waals surface area (Å²) in [4.78, 5) is 0. The average molecular weight is 203 g/mol. The van der Waals surface area contributed by atoms with Crippen molar-refractivity contribution in [3.05, 3.63) is 13.8 Å². The van der Waals surface area contributed by atoms with E-state index in [0.29, 0.717) is 0 Å². The summed E-state index contributed by atoms with van der Waals surface area (Å²) in [6.07, 6.45) is 5.07. The van der Waals surface area contributed by atoms with Gasteiger partial charge in [0, 0.05) is 32.7 Å². The molecule has 0 aliphatic heterocycles. The predicted octanol–water partition coefficient (Wildman–Crippen LogP) is 3.24. The van der Waals surface area contributed by atoms with Crippen LogP contribution in [0.15, 0.2) is 0 Å². The maximum absolute atomic E-state index is 3.72. The van der Waals surface area contributed by atoms with Crippen molar-refractivity contribution in [3.63, 3.8) is 0 Å². The van der Waals surface area contributed by atoms with Crippen molar-refractivity contribution in [2.75, 3.05) is 0 Å². The zero-order valence-electron chi connectivity index (χ0n) is 6.82. The van der Waals surface area contributed by atoms with E-state index in [0.717, 1.165) is 6.42 Å². The van der Waals surface area contributed by atoms with Crippen LogP contribution in [0.1, 0.15) is 39.5 Å². The molecule has 0 spiro atoms. The van der Waals surface area contributed by atoms with Gasteiger partial charge in [0.15, 0.2) is 0 Å². The molecule has 0 aromatic carbocycles. The van der Waals surface area contributed by atoms with Gasteiger partial charge in [0.2, 0.25) is 0 Å². The Bertz CT molecular complexity index is 16.5. The molecule has 0 atom stereocenters. The first-order chi connectivity index (χ1) is 3.91. The summed E-state index contributed by atoms with van der Waals surface area (Å²) >= 11 is 0. The van der Waals surface area contributed by atoms with Gasteiger partial charge in [-0.25, -0.2) is 0 Å². The van der Waals surface area contributed by atoms with Gasteiger partial charge in [0.05, 0.1) is 0 Å². The van der Waals surface area contributed by atoms with E-state index in [1.165, 1.54) is 19.3 Å². The molecular formula is C8H18Y-2. The van der Waals surface area contributed by atoms with Crippen molar-refractivity contribution in [2.24, 2.45) is 0 Å². The minimum absolute atomic E-state index is 0. The largest absolute Gasteiger partial charge is 0.346 e. The molecule has 9 heavy (non-hydrogen) atoms. The van der Waals surface area contributed by atoms with Crippen LogP contribution < -0.4 is 0 Å². The average Bonchev–Trinajstić information content (AvgIpc) is 1.88. The van der Waals surface area contributed by atoms with Gasteiger partial charge >= 0.3 is 0 Å². The Balaban J connectivity index is -0.000000109. The molecular weight excluding hydrogens is 185 g/mol. The molecule has 0 saturated carbocycles. The van der Waals surface area contributed by atoms with Crippen molar-refractivity contribution >= 4 is 0 Å². The summed E-state index contributed by atoms with van der Waals surface area (Å²) in [5.74, 6) is 0. The van der Waals surface area contributed by atoms with Crippen LogP contribution in [0.3, 0.4) is 0 Å². The summed E-state index contributed by atoms with van der Waals surface area (Å²) in [5, 5.41) is 0. The molecule has 1 heteroatoms. The van der Waals surface area contributed by atoms with E-state index >= 15 is 0 Å². The first kappa shape index (κ1) is 16.6. The SMILES string of the molecule is [CH2-]C.[CH2-]CCCCC.[Y]. The van der Waals surface area contributed by atoms with Gasteiger partial charge < -0.3 is 13.8 Å². The molecule has 0 aromatic rings. The zero-order chi connectivity index (χ0) is 6.83. The maximum atomic E-state index is 3.72. The molecule has 55 valence electrons. The van der Waals surface area contributed by atoms with Crippen LogP contribution in [-0.4, -0.2) is 0 Å². The standard InChI is InChI=1S/C6H13.C2H5.Y/c1-3-5-6-4-2;1-2;/h1,3-6H2,2H3;1H2,2H3;/q2*-1;. The quantitative estimate of drug-likeness (QED) is 0.488. The summed E-state index contributed by atoms with van der Waals surface area (Å²) in [5.41, 5.74) is 0. The number of hydrogen-bond acceptors (Lipinski definition) is 0. The Morgan fingerprint density at radius 2 is 1.56 bits per heavy atom. The van der Waals surface area contributed by atoms with Gasteiger partial charge in [0.1, 0.15) is 0 Å². The first-order valence-electron chi connectivity index (χ1n) is 3.41. The third-order valence-corrected chi connectivity index (χ3v) is 0.854. The maximum Gasteiger partial charge on any atom is 0 e. The second-order valence-corrected chi connectivity index (χ2v) is 1.56. The molecule has 0 nitrogen and oxygen atoms in total. The van der Waals surface area contributed by atoms with Crippen molar-refractivity contribution in [3.8, 4) is 0 Å². The van der Waals surface area contributed by atoms with Gasteiger partial charge in [-0.2, -0.15) is 13.3 Å². The van der Waals surface area contributed by atoms with Gasteiger partial charge in [-0.1, -0.05) is 26.2 Å². The predicted molar refractivity (Wildman–Crippen MR) is 40.5 cm³/mol. The Kier molecular flexibility index (Phi) is 42.3. The summed E-state index contributed by atoms with van der Waals surface area (Å²) < 4.78 is 0. The molecule has 0 aliphatic carbocycles. The fraction of sp³-hybridized carbons (Fsp3) is 0.750. The number of hydrogen-bond donors (Lipinski definition) is 0. The molecule has 0 unspecified atom stereocenters. The topological polar surface area (TPSA) is 0 Å². The van der Waals surface area contributed by atoms with Crippen LogP contribution in [0.2, 0.25) is 0 Å². The Morgan fingerprint density at radius 1 is 1.11 bits per heavy atom. The van der Waals surface area contributed by atoms with Crippen molar-refractivity contribution in [1.82, 2.24) is 0 Å². The van der Waals surface area contributed by atoms with Gasteiger partial charge in [-0.05, 0) is 0 Å². The second kappa shape index (κ2) is 23.0. The summed E-state index contributed by atoms with van der Waals surface area (Å²) in [6.45, 7) is 10.9. The molecule has 1 radical (unpaired) electrons. The van der Waals surface area contributed by atoms with Crippen molar-refractivity contribution in [2.45, 2.75) is 39.5 Å². The van der Waals surface area contributed by atoms with Crippen LogP contribution in [0.4, 0.5) is 0 Å². The third-order valence-electron chi connectivity index (χ3n) is 0.854. The molecule has 0 saturated heterocycles. The molecule has 0 aromatic heterocycles. The number of unbranched alkanes of at least 4 members (excludes halogenated alkanes) is 3. The van der Waals surface area contributed by atoms with Crippen LogP contribution in [0.25, 0.3) is 0 Å². The van der Waals surface area contributed by atoms with E-state index in [1.54, 1.807) is 6.92 Å². The normalized spacial score (nSPS) is 6.67. The van der Waals surface area contributed by atoms with Gasteiger partial charge in [0.25, 0.3) is 0 Å². The summed E-state index contributed by atoms with van der Waals surface area (Å²) in [7, 11) is 0. The Morgan fingerprint density at radius 3 is 1.67 bits per heavy atom. The molecule has 0 rings (SSSR count). The molecule has 0 heterocycles. The van der Waals surface area contributed by atoms with Gasteiger partial charge in [-0.3, -0.25) is 0 Å². The van der Waals surface area contributed by atoms with E-state index in [4.69, 9.17) is 0 Å². The zero-order valence-corrected chi connectivity index (χ0v) is 9.66. The smallest absolute Gasteiger partial charge is 0 e. The second-order valence-electron chi connectivity index (χ2n) is 1.56. The monoisotopic (exact) mass is 203 g/mol. The van der Waals surface area contributed by atoms with E-state index in [-0.39, 0.29) is 32.7 Å². The van der Waals surface area contributed by atoms with E-state index in [9.17, 15) is 0 Å². The van der Waals surface area contributed by atoms with Crippen molar-refractivity contribution < 1.29 is 32.7 Å². The first-order valence-corrected chi connectivity index (χ1v) is 3.41. The van der Waals surface area contributed by atoms with E-state index in [1.807, 2.05) is 0 Å². The molecule has 0 fully saturated rings. The van der Waals surface area contributed by atoms with Crippen molar-refractivity contribution in [1.29, 1.82) is 0 Å². The van der Waals surface area contributed by atoms with Crippen LogP contribution >= 0.6 is 0 Å². The van der Waals surface area contributed by atoms with Gasteiger partial charge in [-0.15, -0.1) is 0 Å². The molecule has 0 aliphatic rings. The molecule has 0 N–H and O–H groups in total. The van der Waals surface area contributed by atoms with E-state index < -0.39 is 0 Å². The van der Waals surface area contributed by atoms with Crippen LogP contribution in [0, 0.1) is 13.8 Å². The van der Waals surface area contributed by atoms with E-state index in [2.05, 4.69) is 20.8 Å². The molecule has 0 amide bonds. The molecule has 0 bridgehead atoms. The fourth-order valence-corrected chi connectivity index (χ4v) is 0.427. The minimum Gasteiger partial charge on any atom is -0.346 e. The Hall–Kier alpha value is 1.10. The van der Waals surface area contributed by atoms with Crippen LogP contribution in [0.5, 0.6) is 0 Å². The van der Waals surface area contributed by atoms with Crippen LogP contribution in [-0.2, 0) is 32.7 Å². The Labute approximate surface area is 85.7 Å². The minimum atomic E-state index is 0. The number of rotatable bonds is 3. The third kappa shape index (κ3) is 27.3. The fourth-order valence-electron chi connectivity index (χ4n) is 0.427. The summed E-state index contributed by atoms with van der Waals surface area (Å²) in [6, 6.07) is 0.